The first kappa shape index (κ1) is 11.7. The molecule has 1 aromatic heterocycles. The van der Waals surface area contributed by atoms with Gasteiger partial charge in [-0.25, -0.2) is 0 Å². The first-order chi connectivity index (χ1) is 5.18. The third-order valence-electron chi connectivity index (χ3n) is 0.974. The molecule has 1 rings (SSSR count). The van der Waals surface area contributed by atoms with Gasteiger partial charge >= 0.3 is 5.97 Å². The highest BCUT2D eigenvalue weighted by atomic mass is 35.5. The highest BCUT2D eigenvalue weighted by Crippen LogP contribution is 2.19. The number of thiazole rings is 1. The van der Waals surface area contributed by atoms with Gasteiger partial charge in [-0.2, -0.15) is 4.98 Å². The average Bonchev–Trinajstić information content (AvgIpc) is 2.31. The number of aliphatic carboxylic acids is 1. The number of carboxylic acids is 1. The van der Waals surface area contributed by atoms with Crippen LogP contribution < -0.4 is 17.4 Å². The summed E-state index contributed by atoms with van der Waals surface area (Å²) in [6.45, 7) is 1.98. The lowest BCUT2D eigenvalue weighted by atomic mass is 10.7. The Hall–Kier alpha value is -0.260. The molecule has 0 amide bonds. The van der Waals surface area contributed by atoms with E-state index in [0.717, 1.165) is 9.22 Å². The minimum absolute atomic E-state index is 0. The Bertz CT molecular complexity index is 264. The number of aryl methyl sites for hydroxylation is 1. The summed E-state index contributed by atoms with van der Waals surface area (Å²) in [7, 11) is 0. The van der Waals surface area contributed by atoms with Crippen LogP contribution in [0, 0.1) is 6.92 Å². The molecule has 6 heteroatoms. The second-order valence-corrected chi connectivity index (χ2v) is 4.47. The van der Waals surface area contributed by atoms with E-state index in [-0.39, 0.29) is 18.2 Å². The van der Waals surface area contributed by atoms with Gasteiger partial charge < -0.3 is 17.5 Å². The topological polar surface area (TPSA) is 51.4 Å². The van der Waals surface area contributed by atoms with Crippen LogP contribution in [-0.2, 0) is 4.79 Å². The molecule has 0 aromatic carbocycles. The first-order valence-electron chi connectivity index (χ1n) is 3.01. The normalized spacial score (nSPS) is 9.08. The molecule has 0 bridgehead atoms. The molecule has 0 aliphatic carbocycles. The van der Waals surface area contributed by atoms with Crippen LogP contribution in [0.4, 0.5) is 0 Å². The van der Waals surface area contributed by atoms with E-state index in [9.17, 15) is 4.79 Å². The first-order valence-corrected chi connectivity index (χ1v) is 4.81. The van der Waals surface area contributed by atoms with Crippen molar-refractivity contribution in [3.63, 3.8) is 0 Å². The molecule has 0 aliphatic heterocycles. The number of halogens is 1. The van der Waals surface area contributed by atoms with E-state index in [4.69, 9.17) is 5.11 Å². The maximum Gasteiger partial charge on any atom is 0.314 e. The second-order valence-electron chi connectivity index (χ2n) is 1.97. The van der Waals surface area contributed by atoms with E-state index in [1.54, 1.807) is 11.3 Å². The van der Waals surface area contributed by atoms with Crippen LogP contribution in [0.2, 0.25) is 0 Å². The van der Waals surface area contributed by atoms with E-state index in [0.29, 0.717) is 0 Å². The lowest BCUT2D eigenvalue weighted by molar-refractivity contribution is -0.416. The summed E-state index contributed by atoms with van der Waals surface area (Å²) >= 11 is 2.89. The molecular formula is C6H8ClNO2S2. The molecule has 3 nitrogen and oxygen atoms in total. The Balaban J connectivity index is 0.00000121. The maximum atomic E-state index is 10.1. The van der Waals surface area contributed by atoms with Gasteiger partial charge in [-0.05, 0) is 18.7 Å². The fourth-order valence-corrected chi connectivity index (χ4v) is 2.30. The van der Waals surface area contributed by atoms with Crippen molar-refractivity contribution in [2.75, 3.05) is 5.75 Å². The van der Waals surface area contributed by atoms with Crippen LogP contribution in [0.5, 0.6) is 0 Å². The summed E-state index contributed by atoms with van der Waals surface area (Å²) in [6, 6.07) is 0. The van der Waals surface area contributed by atoms with Gasteiger partial charge in [0.1, 0.15) is 5.75 Å². The molecule has 0 saturated carbocycles. The molecule has 0 saturated heterocycles. The zero-order valence-corrected chi connectivity index (χ0v) is 8.72. The zero-order chi connectivity index (χ0) is 8.27. The molecule has 68 valence electrons. The lowest BCUT2D eigenvalue weighted by Gasteiger charge is -1.84. The summed E-state index contributed by atoms with van der Waals surface area (Å²) in [5.74, 6) is -0.661. The molecule has 0 atom stereocenters. The van der Waals surface area contributed by atoms with Crippen molar-refractivity contribution >= 4 is 29.1 Å². The van der Waals surface area contributed by atoms with Crippen molar-refractivity contribution in [2.45, 2.75) is 11.3 Å². The summed E-state index contributed by atoms with van der Waals surface area (Å²) < 4.78 is 0.949. The fourth-order valence-electron chi connectivity index (χ4n) is 0.564. The molecule has 0 fully saturated rings. The number of aromatic amines is 1. The quantitative estimate of drug-likeness (QED) is 0.609. The standard InChI is InChI=1S/C6H7NO2S2.ClH/c1-4-2-7-6(11-4)10-3-5(8)9;/h2H,3H2,1H3,(H,8,9);1H. The van der Waals surface area contributed by atoms with Crippen molar-refractivity contribution in [1.82, 2.24) is 0 Å². The van der Waals surface area contributed by atoms with E-state index >= 15 is 0 Å². The third-order valence-corrected chi connectivity index (χ3v) is 3.09. The number of nitrogens with one attached hydrogen (secondary N) is 1. The van der Waals surface area contributed by atoms with Gasteiger partial charge in [-0.3, -0.25) is 4.79 Å². The molecule has 0 spiro atoms. The molecule has 0 unspecified atom stereocenters. The summed E-state index contributed by atoms with van der Waals surface area (Å²) in [5.41, 5.74) is 0. The van der Waals surface area contributed by atoms with Crippen LogP contribution in [0.15, 0.2) is 10.5 Å². The van der Waals surface area contributed by atoms with Crippen molar-refractivity contribution < 1.29 is 27.3 Å². The predicted octanol–water partition coefficient (Wildman–Crippen LogP) is -1.95. The maximum absolute atomic E-state index is 10.1. The van der Waals surface area contributed by atoms with E-state index in [1.165, 1.54) is 11.8 Å². The number of aromatic nitrogens is 1. The Morgan fingerprint density at radius 3 is 2.92 bits per heavy atom. The van der Waals surface area contributed by atoms with E-state index in [2.05, 4.69) is 4.98 Å². The lowest BCUT2D eigenvalue weighted by Crippen LogP contribution is -3.00. The fraction of sp³-hybridized carbons (Fsp3) is 0.333. The summed E-state index contributed by atoms with van der Waals surface area (Å²) in [5, 5.41) is 8.35. The van der Waals surface area contributed by atoms with Gasteiger partial charge in [0.05, 0.1) is 4.88 Å². The Kier molecular flexibility index (Phi) is 5.28. The minimum atomic E-state index is -0.783. The van der Waals surface area contributed by atoms with Crippen molar-refractivity contribution in [3.8, 4) is 0 Å². The van der Waals surface area contributed by atoms with Gasteiger partial charge in [0.15, 0.2) is 6.20 Å². The number of H-pyrrole nitrogens is 1. The smallest absolute Gasteiger partial charge is 0.314 e. The highest BCUT2D eigenvalue weighted by Gasteiger charge is 2.08. The van der Waals surface area contributed by atoms with Gasteiger partial charge in [0.2, 0.25) is 0 Å². The van der Waals surface area contributed by atoms with Crippen LogP contribution in [0.1, 0.15) is 4.88 Å². The van der Waals surface area contributed by atoms with Crippen LogP contribution in [0.3, 0.4) is 0 Å². The summed E-state index contributed by atoms with van der Waals surface area (Å²) in [4.78, 5) is 14.3. The summed E-state index contributed by atoms with van der Waals surface area (Å²) in [6.07, 6.45) is 1.87. The molecule has 1 heterocycles. The van der Waals surface area contributed by atoms with Gasteiger partial charge in [0.25, 0.3) is 4.34 Å². The molecule has 1 aromatic rings. The Labute approximate surface area is 84.6 Å². The number of hydrogen-bond acceptors (Lipinski definition) is 3. The van der Waals surface area contributed by atoms with E-state index < -0.39 is 5.97 Å². The third kappa shape index (κ3) is 3.94. The highest BCUT2D eigenvalue weighted by molar-refractivity contribution is 8.01. The SMILES string of the molecule is Cc1c[nH+]c(SCC(=O)O)s1.[Cl-]. The Morgan fingerprint density at radius 1 is 1.83 bits per heavy atom. The molecule has 2 N–H and O–H groups in total. The van der Waals surface area contributed by atoms with Crippen LogP contribution >= 0.6 is 23.1 Å². The Morgan fingerprint density at radius 2 is 2.50 bits per heavy atom. The largest absolute Gasteiger partial charge is 1.00 e. The number of carboxylic acid groups (broad SMARTS) is 1. The van der Waals surface area contributed by atoms with Gasteiger partial charge in [-0.15, -0.1) is 0 Å². The monoisotopic (exact) mass is 225 g/mol. The number of thioether (sulfide) groups is 1. The van der Waals surface area contributed by atoms with Gasteiger partial charge in [-0.1, -0.05) is 11.3 Å². The number of hydrogen-bond donors (Lipinski definition) is 1. The predicted molar refractivity (Wildman–Crippen MR) is 44.0 cm³/mol. The minimum Gasteiger partial charge on any atom is -1.00 e. The van der Waals surface area contributed by atoms with Crippen LogP contribution in [-0.4, -0.2) is 16.8 Å². The molecule has 0 aliphatic rings. The van der Waals surface area contributed by atoms with Crippen molar-refractivity contribution in [2.24, 2.45) is 0 Å². The van der Waals surface area contributed by atoms with Gasteiger partial charge in [0, 0.05) is 0 Å². The number of rotatable bonds is 3. The molecule has 0 radical (unpaired) electrons. The number of carbonyl (C=O) groups is 1. The molecular weight excluding hydrogens is 218 g/mol. The average molecular weight is 226 g/mol. The van der Waals surface area contributed by atoms with Crippen molar-refractivity contribution in [1.29, 1.82) is 0 Å². The van der Waals surface area contributed by atoms with Crippen LogP contribution in [0.25, 0.3) is 0 Å². The second kappa shape index (κ2) is 5.40. The van der Waals surface area contributed by atoms with E-state index in [1.807, 2.05) is 13.1 Å². The van der Waals surface area contributed by atoms with Crippen molar-refractivity contribution in [3.05, 3.63) is 11.1 Å². The molecule has 12 heavy (non-hydrogen) atoms. The zero-order valence-electron chi connectivity index (χ0n) is 6.33.